The van der Waals surface area contributed by atoms with Crippen LogP contribution >= 0.6 is 0 Å². The van der Waals surface area contributed by atoms with Crippen molar-refractivity contribution in [1.82, 2.24) is 24.9 Å². The number of hydrogen-bond acceptors (Lipinski definition) is 5. The van der Waals surface area contributed by atoms with Gasteiger partial charge in [-0.05, 0) is 23.3 Å². The Balaban J connectivity index is 1.20. The highest BCUT2D eigenvalue weighted by Gasteiger charge is 2.15. The first-order chi connectivity index (χ1) is 23.8. The van der Waals surface area contributed by atoms with Gasteiger partial charge in [-0.2, -0.15) is 0 Å². The third-order valence-electron chi connectivity index (χ3n) is 8.16. The Morgan fingerprint density at radius 3 is 1.02 bits per heavy atom. The van der Waals surface area contributed by atoms with Gasteiger partial charge in [0.15, 0.2) is 23.3 Å². The molecule has 2 heterocycles. The molecule has 0 unspecified atom stereocenters. The Morgan fingerprint density at radius 1 is 0.208 bits per heavy atom. The highest BCUT2D eigenvalue weighted by Crippen LogP contribution is 2.31. The molecule has 5 heteroatoms. The molecule has 8 aromatic rings. The van der Waals surface area contributed by atoms with Crippen LogP contribution in [0.1, 0.15) is 0 Å². The van der Waals surface area contributed by atoms with Crippen molar-refractivity contribution in [2.24, 2.45) is 0 Å². The minimum Gasteiger partial charge on any atom is -0.228 e. The molecule has 2 aromatic heterocycles. The smallest absolute Gasteiger partial charge is 0.164 e. The van der Waals surface area contributed by atoms with E-state index in [1.807, 2.05) is 109 Å². The third-order valence-corrected chi connectivity index (χ3v) is 8.16. The van der Waals surface area contributed by atoms with Gasteiger partial charge in [0.1, 0.15) is 0 Å². The van der Waals surface area contributed by atoms with E-state index < -0.39 is 0 Å². The minimum atomic E-state index is 0.603. The number of benzene rings is 6. The van der Waals surface area contributed by atoms with Gasteiger partial charge in [0, 0.05) is 33.4 Å². The lowest BCUT2D eigenvalue weighted by atomic mass is 10.0. The van der Waals surface area contributed by atoms with Crippen molar-refractivity contribution in [3.8, 4) is 79.2 Å². The molecular weight excluding hydrogens is 587 g/mol. The van der Waals surface area contributed by atoms with Crippen LogP contribution in [0.4, 0.5) is 0 Å². The lowest BCUT2D eigenvalue weighted by molar-refractivity contribution is 1.07. The lowest BCUT2D eigenvalue weighted by Gasteiger charge is -2.11. The van der Waals surface area contributed by atoms with E-state index in [1.165, 1.54) is 0 Å². The SMILES string of the molecule is c1ccc(-c2cccc(-c3cc(-c4ccccc4)nc(-c4ccc(-c5nc(-c6ccccc6)nc(-c6ccccc6)n5)cc4)n3)c2)cc1. The molecule has 5 nitrogen and oxygen atoms in total. The average Bonchev–Trinajstić information content (AvgIpc) is 3.19. The molecule has 0 aliphatic heterocycles. The Bertz CT molecular complexity index is 2250. The molecule has 0 amide bonds. The van der Waals surface area contributed by atoms with Gasteiger partial charge in [0.2, 0.25) is 0 Å². The summed E-state index contributed by atoms with van der Waals surface area (Å²) >= 11 is 0. The van der Waals surface area contributed by atoms with Crippen LogP contribution in [-0.4, -0.2) is 24.9 Å². The van der Waals surface area contributed by atoms with Crippen LogP contribution in [0.5, 0.6) is 0 Å². The maximum absolute atomic E-state index is 5.09. The Hall–Kier alpha value is -6.59. The summed E-state index contributed by atoms with van der Waals surface area (Å²) in [6, 6.07) is 59.4. The van der Waals surface area contributed by atoms with Crippen LogP contribution in [0.2, 0.25) is 0 Å². The quantitative estimate of drug-likeness (QED) is 0.178. The van der Waals surface area contributed by atoms with Gasteiger partial charge in [-0.1, -0.05) is 164 Å². The summed E-state index contributed by atoms with van der Waals surface area (Å²) in [6.45, 7) is 0. The monoisotopic (exact) mass is 615 g/mol. The topological polar surface area (TPSA) is 64.5 Å². The first-order valence-corrected chi connectivity index (χ1v) is 15.8. The summed E-state index contributed by atoms with van der Waals surface area (Å²) in [7, 11) is 0. The summed E-state index contributed by atoms with van der Waals surface area (Å²) in [5.41, 5.74) is 9.74. The number of aromatic nitrogens is 5. The highest BCUT2D eigenvalue weighted by molar-refractivity contribution is 5.76. The summed E-state index contributed by atoms with van der Waals surface area (Å²) in [5, 5.41) is 0. The van der Waals surface area contributed by atoms with Gasteiger partial charge in [-0.25, -0.2) is 24.9 Å². The molecule has 226 valence electrons. The summed E-state index contributed by atoms with van der Waals surface area (Å²) in [5.74, 6) is 2.51. The highest BCUT2D eigenvalue weighted by atomic mass is 15.0. The Morgan fingerprint density at radius 2 is 0.542 bits per heavy atom. The molecule has 0 bridgehead atoms. The van der Waals surface area contributed by atoms with E-state index in [-0.39, 0.29) is 0 Å². The van der Waals surface area contributed by atoms with E-state index in [1.54, 1.807) is 0 Å². The minimum absolute atomic E-state index is 0.603. The van der Waals surface area contributed by atoms with E-state index in [9.17, 15) is 0 Å². The fraction of sp³-hybridized carbons (Fsp3) is 0. The predicted molar refractivity (Wildman–Crippen MR) is 193 cm³/mol. The van der Waals surface area contributed by atoms with Crippen molar-refractivity contribution in [3.63, 3.8) is 0 Å². The number of nitrogens with zero attached hydrogens (tertiary/aromatic N) is 5. The van der Waals surface area contributed by atoms with Crippen molar-refractivity contribution in [3.05, 3.63) is 176 Å². The molecule has 48 heavy (non-hydrogen) atoms. The zero-order valence-corrected chi connectivity index (χ0v) is 26.0. The van der Waals surface area contributed by atoms with Gasteiger partial charge < -0.3 is 0 Å². The van der Waals surface area contributed by atoms with E-state index in [2.05, 4.69) is 66.7 Å². The third kappa shape index (κ3) is 6.13. The molecule has 0 aliphatic carbocycles. The summed E-state index contributed by atoms with van der Waals surface area (Å²) in [6.07, 6.45) is 0. The maximum Gasteiger partial charge on any atom is 0.164 e. The molecule has 0 saturated carbocycles. The van der Waals surface area contributed by atoms with E-state index in [0.717, 1.165) is 55.9 Å². The van der Waals surface area contributed by atoms with Gasteiger partial charge in [-0.3, -0.25) is 0 Å². The fourth-order valence-corrected chi connectivity index (χ4v) is 5.68. The average molecular weight is 616 g/mol. The molecule has 8 rings (SSSR count). The summed E-state index contributed by atoms with van der Waals surface area (Å²) in [4.78, 5) is 24.7. The van der Waals surface area contributed by atoms with E-state index in [4.69, 9.17) is 24.9 Å². The van der Waals surface area contributed by atoms with E-state index >= 15 is 0 Å². The van der Waals surface area contributed by atoms with Gasteiger partial charge in [0.25, 0.3) is 0 Å². The normalized spacial score (nSPS) is 10.9. The predicted octanol–water partition coefficient (Wildman–Crippen LogP) is 10.3. The molecule has 6 aromatic carbocycles. The Labute approximate surface area is 279 Å². The second-order valence-electron chi connectivity index (χ2n) is 11.4. The maximum atomic E-state index is 5.09. The van der Waals surface area contributed by atoms with Crippen molar-refractivity contribution in [2.45, 2.75) is 0 Å². The molecule has 0 fully saturated rings. The zero-order chi connectivity index (χ0) is 32.1. The molecular formula is C43H29N5. The van der Waals surface area contributed by atoms with Gasteiger partial charge >= 0.3 is 0 Å². The van der Waals surface area contributed by atoms with Crippen molar-refractivity contribution in [1.29, 1.82) is 0 Å². The second kappa shape index (κ2) is 13.0. The van der Waals surface area contributed by atoms with Crippen molar-refractivity contribution >= 4 is 0 Å². The first kappa shape index (κ1) is 28.9. The van der Waals surface area contributed by atoms with Crippen LogP contribution in [0.25, 0.3) is 79.2 Å². The fourth-order valence-electron chi connectivity index (χ4n) is 5.68. The standard InChI is InChI=1S/C43H29N5/c1-5-14-30(15-6-1)36-22-13-23-37(28-36)39-29-38(31-16-7-2-8-17-31)44-40(45-39)34-24-26-35(27-25-34)43-47-41(32-18-9-3-10-19-32)46-42(48-43)33-20-11-4-12-21-33/h1-29H. The van der Waals surface area contributed by atoms with Crippen LogP contribution in [0.15, 0.2) is 176 Å². The largest absolute Gasteiger partial charge is 0.228 e. The van der Waals surface area contributed by atoms with Gasteiger partial charge in [-0.15, -0.1) is 0 Å². The van der Waals surface area contributed by atoms with Crippen molar-refractivity contribution in [2.75, 3.05) is 0 Å². The molecule has 0 saturated heterocycles. The van der Waals surface area contributed by atoms with Crippen molar-refractivity contribution < 1.29 is 0 Å². The van der Waals surface area contributed by atoms with Crippen LogP contribution < -0.4 is 0 Å². The molecule has 0 spiro atoms. The number of rotatable bonds is 7. The molecule has 0 radical (unpaired) electrons. The lowest BCUT2D eigenvalue weighted by Crippen LogP contribution is -2.00. The Kier molecular flexibility index (Phi) is 7.83. The van der Waals surface area contributed by atoms with Crippen LogP contribution in [0.3, 0.4) is 0 Å². The molecule has 0 atom stereocenters. The first-order valence-electron chi connectivity index (χ1n) is 15.8. The molecule has 0 aliphatic rings. The zero-order valence-electron chi connectivity index (χ0n) is 26.0. The molecule has 0 N–H and O–H groups in total. The second-order valence-corrected chi connectivity index (χ2v) is 11.4. The van der Waals surface area contributed by atoms with Crippen LogP contribution in [0, 0.1) is 0 Å². The summed E-state index contributed by atoms with van der Waals surface area (Å²) < 4.78 is 0. The van der Waals surface area contributed by atoms with Crippen LogP contribution in [-0.2, 0) is 0 Å². The van der Waals surface area contributed by atoms with E-state index in [0.29, 0.717) is 23.3 Å². The number of hydrogen-bond donors (Lipinski definition) is 0. The van der Waals surface area contributed by atoms with Gasteiger partial charge in [0.05, 0.1) is 11.4 Å².